The Morgan fingerprint density at radius 3 is 2.00 bits per heavy atom. The van der Waals surface area contributed by atoms with Gasteiger partial charge in [-0.1, -0.05) is 58.3 Å². The zero-order valence-corrected chi connectivity index (χ0v) is 15.0. The van der Waals surface area contributed by atoms with Crippen LogP contribution in [0.25, 0.3) is 0 Å². The Hall–Kier alpha value is -0.0800. The molecule has 0 saturated heterocycles. The van der Waals surface area contributed by atoms with E-state index in [1.165, 1.54) is 83.5 Å². The number of hydrogen-bond donors (Lipinski definition) is 0. The zero-order valence-electron chi connectivity index (χ0n) is 15.0. The molecule has 0 aliphatic heterocycles. The second-order valence-electron chi connectivity index (χ2n) is 7.58. The summed E-state index contributed by atoms with van der Waals surface area (Å²) in [6.45, 7) is 4.15. The van der Waals surface area contributed by atoms with E-state index in [1.54, 1.807) is 0 Å². The van der Waals surface area contributed by atoms with Crippen molar-refractivity contribution >= 4 is 0 Å². The summed E-state index contributed by atoms with van der Waals surface area (Å²) < 4.78 is 7.04. The highest BCUT2D eigenvalue weighted by molar-refractivity contribution is 4.65. The second-order valence-corrected chi connectivity index (χ2v) is 7.58. The predicted molar refractivity (Wildman–Crippen MR) is 92.4 cm³/mol. The fourth-order valence-corrected chi connectivity index (χ4v) is 3.52. The molecule has 0 spiro atoms. The third-order valence-corrected chi connectivity index (χ3v) is 5.13. The van der Waals surface area contributed by atoms with Gasteiger partial charge < -0.3 is 9.22 Å². The lowest BCUT2D eigenvalue weighted by Gasteiger charge is -2.39. The van der Waals surface area contributed by atoms with Crippen LogP contribution in [0, 0.1) is 0 Å². The molecule has 21 heavy (non-hydrogen) atoms. The van der Waals surface area contributed by atoms with Gasteiger partial charge in [-0.15, -0.1) is 0 Å². The van der Waals surface area contributed by atoms with Crippen molar-refractivity contribution in [1.82, 2.24) is 0 Å². The molecule has 0 radical (unpaired) electrons. The van der Waals surface area contributed by atoms with E-state index in [1.807, 2.05) is 0 Å². The molecule has 0 atom stereocenters. The Balaban J connectivity index is 1.93. The van der Waals surface area contributed by atoms with Crippen molar-refractivity contribution in [2.45, 2.75) is 96.4 Å². The molecule has 0 aromatic rings. The minimum absolute atomic E-state index is 0.831. The van der Waals surface area contributed by atoms with Gasteiger partial charge in [0.1, 0.15) is 0 Å². The lowest BCUT2D eigenvalue weighted by Crippen LogP contribution is -2.51. The van der Waals surface area contributed by atoms with Gasteiger partial charge in [-0.25, -0.2) is 0 Å². The first-order chi connectivity index (χ1) is 10.2. The van der Waals surface area contributed by atoms with E-state index < -0.39 is 0 Å². The van der Waals surface area contributed by atoms with Crippen LogP contribution in [0.4, 0.5) is 0 Å². The van der Waals surface area contributed by atoms with Gasteiger partial charge in [0, 0.05) is 0 Å². The van der Waals surface area contributed by atoms with Crippen LogP contribution < -0.4 is 0 Å². The maximum absolute atomic E-state index is 5.97. The van der Waals surface area contributed by atoms with Crippen molar-refractivity contribution in [2.24, 2.45) is 0 Å². The number of nitrogens with zero attached hydrogens (tertiary/aromatic N) is 1. The summed E-state index contributed by atoms with van der Waals surface area (Å²) in [5, 5.41) is 0. The lowest BCUT2D eigenvalue weighted by molar-refractivity contribution is -0.934. The molecule has 0 aromatic heterocycles. The van der Waals surface area contributed by atoms with Crippen molar-refractivity contribution in [3.05, 3.63) is 0 Å². The minimum atomic E-state index is 0.831. The highest BCUT2D eigenvalue weighted by Gasteiger charge is 2.29. The largest absolute Gasteiger partial charge is 0.332 e. The van der Waals surface area contributed by atoms with Gasteiger partial charge in [0.15, 0.2) is 6.73 Å². The first-order valence-electron chi connectivity index (χ1n) is 9.57. The molecule has 1 aliphatic carbocycles. The van der Waals surface area contributed by atoms with Crippen LogP contribution in [-0.2, 0) is 4.74 Å². The van der Waals surface area contributed by atoms with Crippen LogP contribution in [0.3, 0.4) is 0 Å². The average Bonchev–Trinajstić information content (AvgIpc) is 2.50. The molecular formula is C19H40NO+. The van der Waals surface area contributed by atoms with E-state index in [9.17, 15) is 0 Å². The first kappa shape index (κ1) is 19.0. The Labute approximate surface area is 133 Å². The summed E-state index contributed by atoms with van der Waals surface area (Å²) in [6, 6.07) is 0.831. The van der Waals surface area contributed by atoms with E-state index in [-0.39, 0.29) is 0 Å². The SMILES string of the molecule is CCCCCCCCCCOC[N+](C)(C)C1CCCCC1. The quantitative estimate of drug-likeness (QED) is 0.262. The van der Waals surface area contributed by atoms with Crippen molar-refractivity contribution < 1.29 is 9.22 Å². The molecule has 0 heterocycles. The highest BCUT2D eigenvalue weighted by atomic mass is 16.5. The highest BCUT2D eigenvalue weighted by Crippen LogP contribution is 2.25. The number of quaternary nitrogens is 1. The molecule has 2 nitrogen and oxygen atoms in total. The van der Waals surface area contributed by atoms with Crippen LogP contribution in [-0.4, -0.2) is 38.0 Å². The second kappa shape index (κ2) is 11.5. The van der Waals surface area contributed by atoms with Crippen LogP contribution >= 0.6 is 0 Å². The summed E-state index contributed by atoms with van der Waals surface area (Å²) in [5.74, 6) is 0. The number of unbranched alkanes of at least 4 members (excludes halogenated alkanes) is 7. The van der Waals surface area contributed by atoms with Gasteiger partial charge in [0.25, 0.3) is 0 Å². The van der Waals surface area contributed by atoms with Gasteiger partial charge in [-0.2, -0.15) is 0 Å². The number of hydrogen-bond acceptors (Lipinski definition) is 1. The van der Waals surface area contributed by atoms with Crippen molar-refractivity contribution in [3.8, 4) is 0 Å². The standard InChI is InChI=1S/C19H40NO/c1-4-5-6-7-8-9-10-14-17-21-18-20(2,3)19-15-12-11-13-16-19/h19H,4-18H2,1-3H3/q+1. The molecule has 1 aliphatic rings. The van der Waals surface area contributed by atoms with Crippen LogP contribution in [0.2, 0.25) is 0 Å². The molecular weight excluding hydrogens is 258 g/mol. The first-order valence-corrected chi connectivity index (χ1v) is 9.57. The van der Waals surface area contributed by atoms with Crippen LogP contribution in [0.1, 0.15) is 90.4 Å². The summed E-state index contributed by atoms with van der Waals surface area (Å²) in [6.07, 6.45) is 18.1. The van der Waals surface area contributed by atoms with E-state index in [2.05, 4.69) is 21.0 Å². The Bertz CT molecular complexity index is 234. The molecule has 0 aromatic carbocycles. The topological polar surface area (TPSA) is 9.23 Å². The predicted octanol–water partition coefficient (Wildman–Crippen LogP) is 5.51. The van der Waals surface area contributed by atoms with Crippen molar-refractivity contribution in [1.29, 1.82) is 0 Å². The smallest absolute Gasteiger partial charge is 0.182 e. The fourth-order valence-electron chi connectivity index (χ4n) is 3.52. The summed E-state index contributed by atoms with van der Waals surface area (Å²) in [7, 11) is 4.70. The normalized spacial score (nSPS) is 17.3. The van der Waals surface area contributed by atoms with E-state index in [0.717, 1.165) is 23.9 Å². The van der Waals surface area contributed by atoms with Crippen molar-refractivity contribution in [2.75, 3.05) is 27.4 Å². The maximum atomic E-state index is 5.97. The average molecular weight is 299 g/mol. The van der Waals surface area contributed by atoms with Gasteiger partial charge in [0.05, 0.1) is 26.7 Å². The number of ether oxygens (including phenoxy) is 1. The molecule has 126 valence electrons. The van der Waals surface area contributed by atoms with E-state index in [0.29, 0.717) is 0 Å². The molecule has 0 unspecified atom stereocenters. The molecule has 1 fully saturated rings. The third-order valence-electron chi connectivity index (χ3n) is 5.13. The Morgan fingerprint density at radius 2 is 1.38 bits per heavy atom. The summed E-state index contributed by atoms with van der Waals surface area (Å²) in [4.78, 5) is 0. The minimum Gasteiger partial charge on any atom is -0.332 e. The third kappa shape index (κ3) is 8.83. The zero-order chi connectivity index (χ0) is 15.4. The van der Waals surface area contributed by atoms with Gasteiger partial charge in [-0.05, 0) is 32.1 Å². The van der Waals surface area contributed by atoms with Gasteiger partial charge in [0.2, 0.25) is 0 Å². The van der Waals surface area contributed by atoms with Crippen LogP contribution in [0.15, 0.2) is 0 Å². The Morgan fingerprint density at radius 1 is 0.810 bits per heavy atom. The van der Waals surface area contributed by atoms with Gasteiger partial charge in [-0.3, -0.25) is 0 Å². The molecule has 1 rings (SSSR count). The maximum Gasteiger partial charge on any atom is 0.182 e. The van der Waals surface area contributed by atoms with Crippen LogP contribution in [0.5, 0.6) is 0 Å². The van der Waals surface area contributed by atoms with E-state index >= 15 is 0 Å². The molecule has 0 bridgehead atoms. The number of rotatable bonds is 12. The molecule has 2 heteroatoms. The van der Waals surface area contributed by atoms with Crippen molar-refractivity contribution in [3.63, 3.8) is 0 Å². The summed E-state index contributed by atoms with van der Waals surface area (Å²) in [5.41, 5.74) is 0. The summed E-state index contributed by atoms with van der Waals surface area (Å²) >= 11 is 0. The van der Waals surface area contributed by atoms with Gasteiger partial charge >= 0.3 is 0 Å². The monoisotopic (exact) mass is 298 g/mol. The molecule has 0 N–H and O–H groups in total. The fraction of sp³-hybridized carbons (Fsp3) is 1.00. The molecule has 1 saturated carbocycles. The lowest BCUT2D eigenvalue weighted by atomic mass is 9.93. The van der Waals surface area contributed by atoms with E-state index in [4.69, 9.17) is 4.74 Å². The molecule has 0 amide bonds. The Kier molecular flexibility index (Phi) is 10.4.